The SMILES string of the molecule is COc1ccc(C)cc1C(C)NC(=O)C(C)n1cccn1. The molecule has 1 aromatic heterocycles. The second-order valence-electron chi connectivity index (χ2n) is 5.14. The lowest BCUT2D eigenvalue weighted by molar-refractivity contribution is -0.124. The summed E-state index contributed by atoms with van der Waals surface area (Å²) < 4.78 is 7.00. The van der Waals surface area contributed by atoms with Gasteiger partial charge in [0, 0.05) is 18.0 Å². The number of rotatable bonds is 5. The maximum atomic E-state index is 12.3. The number of methoxy groups -OCH3 is 1. The number of aryl methyl sites for hydroxylation is 1. The molecule has 0 aliphatic rings. The van der Waals surface area contributed by atoms with Crippen LogP contribution in [-0.2, 0) is 4.79 Å². The molecule has 0 radical (unpaired) electrons. The summed E-state index contributed by atoms with van der Waals surface area (Å²) in [5, 5.41) is 7.10. The molecule has 5 heteroatoms. The van der Waals surface area contributed by atoms with Gasteiger partial charge >= 0.3 is 0 Å². The molecule has 0 fully saturated rings. The van der Waals surface area contributed by atoms with E-state index in [1.165, 1.54) is 0 Å². The number of carbonyl (C=O) groups is 1. The molecule has 0 spiro atoms. The highest BCUT2D eigenvalue weighted by Gasteiger charge is 2.19. The van der Waals surface area contributed by atoms with Crippen LogP contribution in [0.1, 0.15) is 37.1 Å². The van der Waals surface area contributed by atoms with Gasteiger partial charge in [-0.1, -0.05) is 17.7 Å². The molecule has 2 rings (SSSR count). The van der Waals surface area contributed by atoms with Gasteiger partial charge in [0.25, 0.3) is 0 Å². The number of aromatic nitrogens is 2. The highest BCUT2D eigenvalue weighted by molar-refractivity contribution is 5.80. The Kier molecular flexibility index (Phi) is 4.62. The Morgan fingerprint density at radius 2 is 2.14 bits per heavy atom. The second kappa shape index (κ2) is 6.43. The molecule has 0 saturated carbocycles. The third-order valence-corrected chi connectivity index (χ3v) is 3.51. The van der Waals surface area contributed by atoms with Crippen molar-refractivity contribution >= 4 is 5.91 Å². The molecule has 2 unspecified atom stereocenters. The van der Waals surface area contributed by atoms with Crippen molar-refractivity contribution in [3.63, 3.8) is 0 Å². The molecular weight excluding hydrogens is 266 g/mol. The lowest BCUT2D eigenvalue weighted by atomic mass is 10.0. The zero-order valence-electron chi connectivity index (χ0n) is 12.8. The fourth-order valence-corrected chi connectivity index (χ4v) is 2.23. The summed E-state index contributed by atoms with van der Waals surface area (Å²) in [5.41, 5.74) is 2.10. The standard InChI is InChI=1S/C16H21N3O2/c1-11-6-7-15(21-4)14(10-11)12(2)18-16(20)13(3)19-9-5-8-17-19/h5-10,12-13H,1-4H3,(H,18,20). The van der Waals surface area contributed by atoms with E-state index >= 15 is 0 Å². The molecular formula is C16H21N3O2. The van der Waals surface area contributed by atoms with E-state index in [-0.39, 0.29) is 18.0 Å². The van der Waals surface area contributed by atoms with Gasteiger partial charge in [0.1, 0.15) is 11.8 Å². The van der Waals surface area contributed by atoms with Gasteiger partial charge in [0.2, 0.25) is 5.91 Å². The normalized spacial score (nSPS) is 13.5. The Morgan fingerprint density at radius 1 is 1.38 bits per heavy atom. The number of benzene rings is 1. The van der Waals surface area contributed by atoms with Gasteiger partial charge in [-0.15, -0.1) is 0 Å². The fourth-order valence-electron chi connectivity index (χ4n) is 2.23. The third kappa shape index (κ3) is 3.42. The minimum Gasteiger partial charge on any atom is -0.496 e. The first-order valence-corrected chi connectivity index (χ1v) is 6.97. The summed E-state index contributed by atoms with van der Waals surface area (Å²) in [6, 6.07) is 7.26. The van der Waals surface area contributed by atoms with Gasteiger partial charge in [-0.05, 0) is 32.9 Å². The van der Waals surface area contributed by atoms with E-state index in [1.807, 2.05) is 39.0 Å². The Balaban J connectivity index is 2.12. The van der Waals surface area contributed by atoms with E-state index in [9.17, 15) is 4.79 Å². The van der Waals surface area contributed by atoms with E-state index in [1.54, 1.807) is 30.3 Å². The van der Waals surface area contributed by atoms with Crippen molar-refractivity contribution in [2.45, 2.75) is 32.9 Å². The maximum absolute atomic E-state index is 12.3. The Bertz CT molecular complexity index is 608. The summed E-state index contributed by atoms with van der Waals surface area (Å²) in [4.78, 5) is 12.3. The van der Waals surface area contributed by atoms with E-state index in [4.69, 9.17) is 4.74 Å². The number of ether oxygens (including phenoxy) is 1. The van der Waals surface area contributed by atoms with Crippen LogP contribution in [0.2, 0.25) is 0 Å². The number of hydrogen-bond donors (Lipinski definition) is 1. The van der Waals surface area contributed by atoms with Crippen molar-refractivity contribution in [1.29, 1.82) is 0 Å². The van der Waals surface area contributed by atoms with Crippen molar-refractivity contribution in [3.8, 4) is 5.75 Å². The van der Waals surface area contributed by atoms with E-state index in [2.05, 4.69) is 10.4 Å². The van der Waals surface area contributed by atoms with Crippen LogP contribution >= 0.6 is 0 Å². The highest BCUT2D eigenvalue weighted by atomic mass is 16.5. The summed E-state index contributed by atoms with van der Waals surface area (Å²) in [6.45, 7) is 5.79. The first kappa shape index (κ1) is 15.1. The summed E-state index contributed by atoms with van der Waals surface area (Å²) in [6.07, 6.45) is 3.44. The van der Waals surface area contributed by atoms with Crippen LogP contribution in [0.25, 0.3) is 0 Å². The first-order valence-electron chi connectivity index (χ1n) is 6.97. The molecule has 1 aromatic carbocycles. The van der Waals surface area contributed by atoms with Gasteiger partial charge in [-0.3, -0.25) is 9.48 Å². The average molecular weight is 287 g/mol. The Labute approximate surface area is 124 Å². The topological polar surface area (TPSA) is 56.1 Å². The van der Waals surface area contributed by atoms with E-state index in [0.29, 0.717) is 0 Å². The average Bonchev–Trinajstić information content (AvgIpc) is 3.00. The second-order valence-corrected chi connectivity index (χ2v) is 5.14. The summed E-state index contributed by atoms with van der Waals surface area (Å²) in [7, 11) is 1.63. The monoisotopic (exact) mass is 287 g/mol. The third-order valence-electron chi connectivity index (χ3n) is 3.51. The van der Waals surface area contributed by atoms with Crippen LogP contribution in [0.3, 0.4) is 0 Å². The molecule has 0 aliphatic heterocycles. The predicted octanol–water partition coefficient (Wildman–Crippen LogP) is 2.64. The molecule has 1 heterocycles. The van der Waals surface area contributed by atoms with Crippen LogP contribution in [-0.4, -0.2) is 22.8 Å². The number of hydrogen-bond acceptors (Lipinski definition) is 3. The fraction of sp³-hybridized carbons (Fsp3) is 0.375. The zero-order valence-corrected chi connectivity index (χ0v) is 12.8. The van der Waals surface area contributed by atoms with Crippen LogP contribution in [0.5, 0.6) is 5.75 Å². The molecule has 2 aromatic rings. The largest absolute Gasteiger partial charge is 0.496 e. The van der Waals surface area contributed by atoms with Gasteiger partial charge in [0.05, 0.1) is 13.2 Å². The molecule has 112 valence electrons. The minimum atomic E-state index is -0.349. The lowest BCUT2D eigenvalue weighted by Crippen LogP contribution is -2.33. The van der Waals surface area contributed by atoms with Crippen LogP contribution in [0.4, 0.5) is 0 Å². The highest BCUT2D eigenvalue weighted by Crippen LogP contribution is 2.26. The molecule has 0 saturated heterocycles. The molecule has 1 N–H and O–H groups in total. The minimum absolute atomic E-state index is 0.0743. The van der Waals surface area contributed by atoms with Crippen LogP contribution < -0.4 is 10.1 Å². The number of nitrogens with zero attached hydrogens (tertiary/aromatic N) is 2. The maximum Gasteiger partial charge on any atom is 0.245 e. The van der Waals surface area contributed by atoms with Gasteiger partial charge in [-0.25, -0.2) is 0 Å². The quantitative estimate of drug-likeness (QED) is 0.919. The van der Waals surface area contributed by atoms with Crippen molar-refractivity contribution in [2.75, 3.05) is 7.11 Å². The van der Waals surface area contributed by atoms with Gasteiger partial charge < -0.3 is 10.1 Å². The van der Waals surface area contributed by atoms with Crippen LogP contribution in [0.15, 0.2) is 36.7 Å². The van der Waals surface area contributed by atoms with Crippen molar-refractivity contribution in [2.24, 2.45) is 0 Å². The number of carbonyl (C=O) groups excluding carboxylic acids is 1. The van der Waals surface area contributed by atoms with Gasteiger partial charge in [-0.2, -0.15) is 5.10 Å². The van der Waals surface area contributed by atoms with Crippen LogP contribution in [0, 0.1) is 6.92 Å². The molecule has 0 bridgehead atoms. The smallest absolute Gasteiger partial charge is 0.245 e. The lowest BCUT2D eigenvalue weighted by Gasteiger charge is -2.20. The van der Waals surface area contributed by atoms with E-state index in [0.717, 1.165) is 16.9 Å². The number of amides is 1. The summed E-state index contributed by atoms with van der Waals surface area (Å²) >= 11 is 0. The number of nitrogens with one attached hydrogen (secondary N) is 1. The van der Waals surface area contributed by atoms with Crippen molar-refractivity contribution in [1.82, 2.24) is 15.1 Å². The molecule has 2 atom stereocenters. The molecule has 5 nitrogen and oxygen atoms in total. The summed E-state index contributed by atoms with van der Waals surface area (Å²) in [5.74, 6) is 0.704. The van der Waals surface area contributed by atoms with Crippen molar-refractivity contribution in [3.05, 3.63) is 47.8 Å². The van der Waals surface area contributed by atoms with Crippen molar-refractivity contribution < 1.29 is 9.53 Å². The first-order chi connectivity index (χ1) is 10.0. The van der Waals surface area contributed by atoms with Gasteiger partial charge in [0.15, 0.2) is 0 Å². The Hall–Kier alpha value is -2.30. The zero-order chi connectivity index (χ0) is 15.4. The predicted molar refractivity (Wildman–Crippen MR) is 81.2 cm³/mol. The molecule has 21 heavy (non-hydrogen) atoms. The Morgan fingerprint density at radius 3 is 2.76 bits per heavy atom. The molecule has 0 aliphatic carbocycles. The molecule has 1 amide bonds. The van der Waals surface area contributed by atoms with E-state index < -0.39 is 0 Å².